The Kier molecular flexibility index (Phi) is 2.75. The minimum Gasteiger partial charge on any atom is -0.493 e. The Bertz CT molecular complexity index is 1440. The van der Waals surface area contributed by atoms with E-state index in [1.807, 2.05) is 0 Å². The van der Waals surface area contributed by atoms with E-state index in [1.165, 1.54) is 20.3 Å². The summed E-state index contributed by atoms with van der Waals surface area (Å²) in [4.78, 5) is 14.5. The van der Waals surface area contributed by atoms with Crippen LogP contribution in [0.3, 0.4) is 0 Å². The number of nitrogens with zero attached hydrogens (tertiary/aromatic N) is 1. The average molecular weight is 438 g/mol. The maximum Gasteiger partial charge on any atom is 0.323 e. The Hall–Kier alpha value is -1.79. The van der Waals surface area contributed by atoms with Crippen molar-refractivity contribution in [2.45, 2.75) is 64.8 Å². The number of aryl methyl sites for hydroxylation is 1. The van der Waals surface area contributed by atoms with Crippen LogP contribution in [0.15, 0.2) is 12.1 Å². The molecule has 6 nitrogen and oxygen atoms in total. The Labute approximate surface area is 207 Å². The van der Waals surface area contributed by atoms with Crippen molar-refractivity contribution in [2.24, 2.45) is 23.4 Å². The molecule has 2 N–H and O–H groups in total. The van der Waals surface area contributed by atoms with Crippen molar-refractivity contribution in [1.29, 1.82) is 0 Å². The van der Waals surface area contributed by atoms with E-state index in [0.29, 0.717) is 6.92 Å². The van der Waals surface area contributed by atoms with Gasteiger partial charge in [0.1, 0.15) is 12.1 Å². The van der Waals surface area contributed by atoms with Gasteiger partial charge in [-0.15, -0.1) is 0 Å². The summed E-state index contributed by atoms with van der Waals surface area (Å²) in [6, 6.07) is -3.15. The smallest absolute Gasteiger partial charge is 0.323 e. The highest BCUT2D eigenvalue weighted by Gasteiger charge is 2.41. The zero-order chi connectivity index (χ0) is 38.6. The molecule has 1 aromatic carbocycles. The highest BCUT2D eigenvalue weighted by atomic mass is 16.5. The normalized spacial score (nSPS) is 45.1. The molecule has 0 aliphatic carbocycles. The largest absolute Gasteiger partial charge is 0.493 e. The molecule has 1 fully saturated rings. The number of hydrogen-bond acceptors (Lipinski definition) is 6. The fourth-order valence-corrected chi connectivity index (χ4v) is 3.46. The van der Waals surface area contributed by atoms with Crippen molar-refractivity contribution in [3.63, 3.8) is 0 Å². The van der Waals surface area contributed by atoms with Crippen molar-refractivity contribution in [1.82, 2.24) is 4.90 Å². The lowest BCUT2D eigenvalue weighted by Gasteiger charge is -2.47. The van der Waals surface area contributed by atoms with Crippen LogP contribution in [0.4, 0.5) is 0 Å². The molecule has 0 saturated carbocycles. The van der Waals surface area contributed by atoms with Gasteiger partial charge in [-0.25, -0.2) is 0 Å². The molecule has 2 heterocycles. The molecule has 3 rings (SSSR count). The third-order valence-corrected chi connectivity index (χ3v) is 4.89. The zero-order valence-corrected chi connectivity index (χ0v) is 16.9. The fraction of sp³-hybridized carbons (Fsp3) is 0.708. The molecule has 0 radical (unpaired) electrons. The first-order valence-electron chi connectivity index (χ1n) is 18.6. The standard InChI is InChI=1S/C24H38N2O4/c1-14(2)9-17-13-26-8-7-16-10-21(28-5)22(29-6)11-18(16)19(26)12-20(17)30-24(27)23(25)15(3)4/h10-11,14-15,17,19-20,23H,7-9,12-13,25H2,1-6H3/t17?,19?,20?,23-/m0/s1/i1D3,3D3,4D3,7D2,8D2,9D2,14D,15D,20D,23D/t14?,17?,19?,20?,23-. The highest BCUT2D eigenvalue weighted by Crippen LogP contribution is 2.44. The first-order valence-corrected chi connectivity index (χ1v) is 9.11. The topological polar surface area (TPSA) is 74.0 Å². The van der Waals surface area contributed by atoms with E-state index in [1.54, 1.807) is 0 Å². The number of benzene rings is 1. The van der Waals surface area contributed by atoms with Gasteiger partial charge in [0.15, 0.2) is 11.5 Å². The molecule has 0 aromatic heterocycles. The van der Waals surface area contributed by atoms with Crippen LogP contribution >= 0.6 is 0 Å². The summed E-state index contributed by atoms with van der Waals surface area (Å²) in [7, 11) is 2.47. The quantitative estimate of drug-likeness (QED) is 0.658. The first kappa shape index (κ1) is 8.62. The van der Waals surface area contributed by atoms with Gasteiger partial charge in [0.05, 0.1) is 17.0 Å². The van der Waals surface area contributed by atoms with Crippen LogP contribution in [0.25, 0.3) is 0 Å². The number of piperidine rings is 1. The second-order valence-electron chi connectivity index (χ2n) is 6.87. The summed E-state index contributed by atoms with van der Waals surface area (Å²) in [6.07, 6.45) is -10.6. The van der Waals surface area contributed by atoms with Gasteiger partial charge in [-0.1, -0.05) is 27.5 Å². The van der Waals surface area contributed by atoms with Crippen LogP contribution in [-0.2, 0) is 15.9 Å². The lowest BCUT2D eigenvalue weighted by atomic mass is 9.79. The number of methoxy groups -OCH3 is 2. The highest BCUT2D eigenvalue weighted by molar-refractivity contribution is 5.76. The van der Waals surface area contributed by atoms with Gasteiger partial charge in [0, 0.05) is 54.7 Å². The molecule has 5 atom stereocenters. The van der Waals surface area contributed by atoms with E-state index in [0.717, 1.165) is 11.0 Å². The van der Waals surface area contributed by atoms with Crippen LogP contribution in [-0.4, -0.2) is 50.2 Å². The number of carbonyl (C=O) groups is 1. The third kappa shape index (κ3) is 4.75. The number of fused-ring (bicyclic) bond motifs is 3. The monoisotopic (exact) mass is 437 g/mol. The lowest BCUT2D eigenvalue weighted by molar-refractivity contribution is -0.160. The van der Waals surface area contributed by atoms with E-state index in [4.69, 9.17) is 44.6 Å². The predicted octanol–water partition coefficient (Wildman–Crippen LogP) is 3.56. The van der Waals surface area contributed by atoms with Gasteiger partial charge < -0.3 is 19.9 Å². The molecule has 30 heavy (non-hydrogen) atoms. The van der Waals surface area contributed by atoms with E-state index >= 15 is 0 Å². The van der Waals surface area contributed by atoms with Crippen LogP contribution in [0.2, 0.25) is 0 Å². The Morgan fingerprint density at radius 3 is 2.80 bits per heavy atom. The fourth-order valence-electron chi connectivity index (χ4n) is 3.46. The maximum atomic E-state index is 13.7. The molecule has 2 aliphatic rings. The number of hydrogen-bond donors (Lipinski definition) is 1. The SMILES string of the molecule is [2H]C1(OC(=O)[C@@]([2H])(N)C([2H])(C([2H])([2H])[2H])C([2H])([2H])[2H])CC2c3cc(OC)c(OC)cc3C([2H])([2H])C([2H])([2H])N2CC1C([2H])([2H])C([2H])(C)C([2H])([2H])[2H]. The summed E-state index contributed by atoms with van der Waals surface area (Å²) in [5.41, 5.74) is 5.30. The van der Waals surface area contributed by atoms with Gasteiger partial charge in [-0.05, 0) is 47.8 Å². The van der Waals surface area contributed by atoms with Gasteiger partial charge in [-0.2, -0.15) is 0 Å². The van der Waals surface area contributed by atoms with Crippen molar-refractivity contribution in [3.05, 3.63) is 23.3 Å². The van der Waals surface area contributed by atoms with Crippen molar-refractivity contribution in [3.8, 4) is 11.5 Å². The molecule has 0 spiro atoms. The Morgan fingerprint density at radius 1 is 1.40 bits per heavy atom. The van der Waals surface area contributed by atoms with Gasteiger partial charge >= 0.3 is 5.97 Å². The zero-order valence-electron chi connectivity index (χ0n) is 35.9. The summed E-state index contributed by atoms with van der Waals surface area (Å²) in [5, 5.41) is 0. The van der Waals surface area contributed by atoms with Crippen molar-refractivity contribution < 1.29 is 45.0 Å². The third-order valence-electron chi connectivity index (χ3n) is 4.89. The van der Waals surface area contributed by atoms with Crippen LogP contribution in [0.1, 0.15) is 83.5 Å². The number of nitrogens with two attached hydrogens (primary N) is 1. The van der Waals surface area contributed by atoms with E-state index in [2.05, 4.69) is 0 Å². The van der Waals surface area contributed by atoms with E-state index in [9.17, 15) is 6.17 Å². The second-order valence-corrected chi connectivity index (χ2v) is 6.87. The summed E-state index contributed by atoms with van der Waals surface area (Å²) >= 11 is 0. The van der Waals surface area contributed by atoms with Gasteiger partial charge in [0.25, 0.3) is 0 Å². The maximum absolute atomic E-state index is 13.7. The summed E-state index contributed by atoms with van der Waals surface area (Å²) in [5.74, 6) is -11.9. The second kappa shape index (κ2) is 9.56. The van der Waals surface area contributed by atoms with Crippen molar-refractivity contribution >= 4 is 5.97 Å². The van der Waals surface area contributed by atoms with Crippen LogP contribution in [0.5, 0.6) is 11.5 Å². The molecule has 0 amide bonds. The Morgan fingerprint density at radius 2 is 2.13 bits per heavy atom. The number of carbonyl (C=O) groups excluding carboxylic acids is 1. The molecule has 4 unspecified atom stereocenters. The van der Waals surface area contributed by atoms with Crippen LogP contribution < -0.4 is 15.2 Å². The van der Waals surface area contributed by atoms with Crippen molar-refractivity contribution in [2.75, 3.05) is 27.3 Å². The Balaban J connectivity index is 2.37. The molecule has 6 heteroatoms. The van der Waals surface area contributed by atoms with E-state index < -0.39 is 94.6 Å². The minimum absolute atomic E-state index is 0.00658. The molecule has 2 aliphatic heterocycles. The molecular formula is C24H38N2O4. The molecule has 1 aromatic rings. The number of rotatable bonds is 7. The minimum atomic E-state index is -4.09. The summed E-state index contributed by atoms with van der Waals surface area (Å²) in [6.45, 7) is -14.8. The lowest BCUT2D eigenvalue weighted by Crippen LogP contribution is -2.51. The number of esters is 1. The number of ether oxygens (including phenoxy) is 3. The van der Waals surface area contributed by atoms with Crippen LogP contribution in [0, 0.1) is 17.7 Å². The molecule has 168 valence electrons. The van der Waals surface area contributed by atoms with E-state index in [-0.39, 0.29) is 22.6 Å². The molecule has 0 bridgehead atoms. The first-order chi connectivity index (χ1) is 21.6. The average Bonchev–Trinajstić information content (AvgIpc) is 2.92. The molecule has 1 saturated heterocycles. The molecular weight excluding hydrogens is 380 g/mol. The van der Waals surface area contributed by atoms with Gasteiger partial charge in [-0.3, -0.25) is 9.69 Å². The van der Waals surface area contributed by atoms with Gasteiger partial charge in [0.2, 0.25) is 0 Å². The predicted molar refractivity (Wildman–Crippen MR) is 118 cm³/mol. The summed E-state index contributed by atoms with van der Waals surface area (Å²) < 4.78 is 173.